The zero-order valence-electron chi connectivity index (χ0n) is 27.5. The van der Waals surface area contributed by atoms with Crippen molar-refractivity contribution in [1.82, 2.24) is 0 Å². The van der Waals surface area contributed by atoms with Gasteiger partial charge in [0.05, 0.1) is 0 Å². The van der Waals surface area contributed by atoms with Gasteiger partial charge in [-0.1, -0.05) is 176 Å². The van der Waals surface area contributed by atoms with Gasteiger partial charge in [-0.15, -0.1) is 0 Å². The molecule has 232 valence electrons. The molecule has 0 saturated carbocycles. The number of fused-ring (bicyclic) bond motifs is 6. The maximum atomic E-state index is 2.42. The predicted octanol–water partition coefficient (Wildman–Crippen LogP) is 14.1. The first-order valence-electron chi connectivity index (χ1n) is 17.3. The molecule has 0 aliphatic carbocycles. The zero-order valence-corrected chi connectivity index (χ0v) is 27.5. The van der Waals surface area contributed by atoms with E-state index in [2.05, 4.69) is 194 Å². The van der Waals surface area contributed by atoms with Crippen molar-refractivity contribution in [2.24, 2.45) is 0 Å². The van der Waals surface area contributed by atoms with E-state index in [1.54, 1.807) is 0 Å². The lowest BCUT2D eigenvalue weighted by Crippen LogP contribution is -1.93. The lowest BCUT2D eigenvalue weighted by atomic mass is 9.82. The minimum atomic E-state index is 1.22. The van der Waals surface area contributed by atoms with Crippen LogP contribution in [0.2, 0.25) is 0 Å². The first-order chi connectivity index (χ1) is 24.8. The third kappa shape index (κ3) is 4.61. The largest absolute Gasteiger partial charge is 0.0622 e. The normalized spacial score (nSPS) is 11.6. The molecule has 0 aromatic heterocycles. The van der Waals surface area contributed by atoms with E-state index >= 15 is 0 Å². The highest BCUT2D eigenvalue weighted by atomic mass is 14.2. The molecule has 0 nitrogen and oxygen atoms in total. The van der Waals surface area contributed by atoms with Crippen LogP contribution in [0.3, 0.4) is 0 Å². The molecule has 0 fully saturated rings. The van der Waals surface area contributed by atoms with E-state index in [0.717, 1.165) is 0 Å². The molecule has 0 saturated heterocycles. The third-order valence-electron chi connectivity index (χ3n) is 10.4. The second-order valence-corrected chi connectivity index (χ2v) is 13.3. The van der Waals surface area contributed by atoms with Crippen molar-refractivity contribution in [3.8, 4) is 44.5 Å². The maximum absolute atomic E-state index is 2.42. The van der Waals surface area contributed by atoms with Gasteiger partial charge in [-0.3, -0.25) is 0 Å². The third-order valence-corrected chi connectivity index (χ3v) is 10.4. The minimum Gasteiger partial charge on any atom is -0.0622 e. The van der Waals surface area contributed by atoms with Crippen LogP contribution in [0, 0.1) is 0 Å². The van der Waals surface area contributed by atoms with Crippen molar-refractivity contribution in [1.29, 1.82) is 0 Å². The summed E-state index contributed by atoms with van der Waals surface area (Å²) in [5, 5.41) is 12.6. The standard InChI is InChI=1S/C50H32/c1-3-12-33(13-4-1)37-25-29-46-47(31-37)49(40-26-27-43-39(30-40)23-22-36-17-8-9-19-41(36)43)45-28-24-38(34-14-5-2-6-15-34)32-48(45)50(46)44-21-11-18-35-16-7-10-20-42(35)44/h1-32H. The molecule has 50 heavy (non-hydrogen) atoms. The summed E-state index contributed by atoms with van der Waals surface area (Å²) in [6, 6.07) is 71.5. The topological polar surface area (TPSA) is 0 Å². The predicted molar refractivity (Wildman–Crippen MR) is 216 cm³/mol. The fourth-order valence-electron chi connectivity index (χ4n) is 8.06. The van der Waals surface area contributed by atoms with Gasteiger partial charge in [0.15, 0.2) is 0 Å². The Morgan fingerprint density at radius 2 is 0.680 bits per heavy atom. The van der Waals surface area contributed by atoms with Crippen LogP contribution in [0.4, 0.5) is 0 Å². The van der Waals surface area contributed by atoms with E-state index in [-0.39, 0.29) is 0 Å². The molecular formula is C50H32. The first-order valence-corrected chi connectivity index (χ1v) is 17.3. The van der Waals surface area contributed by atoms with E-state index < -0.39 is 0 Å². The maximum Gasteiger partial charge on any atom is -0.00199 e. The van der Waals surface area contributed by atoms with Gasteiger partial charge in [-0.05, 0) is 117 Å². The van der Waals surface area contributed by atoms with E-state index in [0.29, 0.717) is 0 Å². The zero-order chi connectivity index (χ0) is 33.0. The molecule has 0 amide bonds. The second-order valence-electron chi connectivity index (χ2n) is 13.3. The van der Waals surface area contributed by atoms with Crippen molar-refractivity contribution in [2.75, 3.05) is 0 Å². The Morgan fingerprint density at radius 1 is 0.200 bits per heavy atom. The second kappa shape index (κ2) is 11.6. The van der Waals surface area contributed by atoms with Crippen LogP contribution in [0.25, 0.3) is 98.4 Å². The Morgan fingerprint density at radius 3 is 1.38 bits per heavy atom. The van der Waals surface area contributed by atoms with Gasteiger partial charge in [-0.25, -0.2) is 0 Å². The Balaban J connectivity index is 1.36. The van der Waals surface area contributed by atoms with Gasteiger partial charge < -0.3 is 0 Å². The molecule has 0 spiro atoms. The summed E-state index contributed by atoms with van der Waals surface area (Å²) < 4.78 is 0. The molecule has 0 heterocycles. The molecule has 0 aliphatic heterocycles. The molecular weight excluding hydrogens is 601 g/mol. The number of hydrogen-bond acceptors (Lipinski definition) is 0. The molecule has 0 N–H and O–H groups in total. The molecule has 0 bridgehead atoms. The van der Waals surface area contributed by atoms with Crippen molar-refractivity contribution in [2.45, 2.75) is 0 Å². The quantitative estimate of drug-likeness (QED) is 0.134. The number of hydrogen-bond donors (Lipinski definition) is 0. The van der Waals surface area contributed by atoms with Crippen molar-refractivity contribution in [3.05, 3.63) is 194 Å². The van der Waals surface area contributed by atoms with Crippen LogP contribution in [0.15, 0.2) is 194 Å². The van der Waals surface area contributed by atoms with Crippen LogP contribution in [0.1, 0.15) is 0 Å². The Hall–Kier alpha value is -6.50. The van der Waals surface area contributed by atoms with Gasteiger partial charge >= 0.3 is 0 Å². The van der Waals surface area contributed by atoms with Crippen molar-refractivity contribution in [3.63, 3.8) is 0 Å². The lowest BCUT2D eigenvalue weighted by molar-refractivity contribution is 1.63. The highest BCUT2D eigenvalue weighted by Crippen LogP contribution is 2.47. The average molecular weight is 633 g/mol. The summed E-state index contributed by atoms with van der Waals surface area (Å²) in [6.07, 6.45) is 0. The van der Waals surface area contributed by atoms with E-state index in [1.165, 1.54) is 98.4 Å². The molecule has 10 rings (SSSR count). The molecule has 0 atom stereocenters. The van der Waals surface area contributed by atoms with Gasteiger partial charge in [0.1, 0.15) is 0 Å². The van der Waals surface area contributed by atoms with E-state index in [9.17, 15) is 0 Å². The minimum absolute atomic E-state index is 1.22. The summed E-state index contributed by atoms with van der Waals surface area (Å²) >= 11 is 0. The summed E-state index contributed by atoms with van der Waals surface area (Å²) in [5.74, 6) is 0. The van der Waals surface area contributed by atoms with Gasteiger partial charge in [0, 0.05) is 0 Å². The number of benzene rings is 10. The fraction of sp³-hybridized carbons (Fsp3) is 0. The van der Waals surface area contributed by atoms with Gasteiger partial charge in [0.25, 0.3) is 0 Å². The van der Waals surface area contributed by atoms with Crippen LogP contribution >= 0.6 is 0 Å². The summed E-state index contributed by atoms with van der Waals surface area (Å²) in [7, 11) is 0. The Labute approximate surface area is 291 Å². The molecule has 0 unspecified atom stereocenters. The van der Waals surface area contributed by atoms with Crippen molar-refractivity contribution >= 4 is 53.9 Å². The smallest absolute Gasteiger partial charge is 0.00199 e. The van der Waals surface area contributed by atoms with Gasteiger partial charge in [-0.2, -0.15) is 0 Å². The van der Waals surface area contributed by atoms with Crippen LogP contribution in [-0.4, -0.2) is 0 Å². The number of rotatable bonds is 4. The Kier molecular flexibility index (Phi) is 6.60. The Bertz CT molecular complexity index is 2890. The SMILES string of the molecule is c1ccc(-c2ccc3c(-c4cccc5ccccc45)c4cc(-c5ccccc5)ccc4c(-c4ccc5c(ccc6ccccc65)c4)c3c2)cc1. The van der Waals surface area contributed by atoms with Crippen LogP contribution in [-0.2, 0) is 0 Å². The average Bonchev–Trinajstić information content (AvgIpc) is 3.19. The molecule has 10 aromatic carbocycles. The molecule has 0 aliphatic rings. The van der Waals surface area contributed by atoms with Crippen LogP contribution in [0.5, 0.6) is 0 Å². The van der Waals surface area contributed by atoms with Crippen molar-refractivity contribution < 1.29 is 0 Å². The highest BCUT2D eigenvalue weighted by molar-refractivity contribution is 6.25. The molecule has 10 aromatic rings. The van der Waals surface area contributed by atoms with E-state index in [1.807, 2.05) is 0 Å². The first kappa shape index (κ1) is 28.5. The fourth-order valence-corrected chi connectivity index (χ4v) is 8.06. The summed E-state index contributed by atoms with van der Waals surface area (Å²) in [4.78, 5) is 0. The monoisotopic (exact) mass is 632 g/mol. The highest BCUT2D eigenvalue weighted by Gasteiger charge is 2.20. The lowest BCUT2D eigenvalue weighted by Gasteiger charge is -2.21. The van der Waals surface area contributed by atoms with Gasteiger partial charge in [0.2, 0.25) is 0 Å². The van der Waals surface area contributed by atoms with Crippen LogP contribution < -0.4 is 0 Å². The van der Waals surface area contributed by atoms with E-state index in [4.69, 9.17) is 0 Å². The molecule has 0 heteroatoms. The summed E-state index contributed by atoms with van der Waals surface area (Å²) in [5.41, 5.74) is 9.91. The summed E-state index contributed by atoms with van der Waals surface area (Å²) in [6.45, 7) is 0. The molecule has 0 radical (unpaired) electrons.